The van der Waals surface area contributed by atoms with E-state index in [4.69, 9.17) is 0 Å². The lowest BCUT2D eigenvalue weighted by molar-refractivity contribution is 0.417. The molecule has 6 rings (SSSR count). The van der Waals surface area contributed by atoms with Gasteiger partial charge in [-0.1, -0.05) is 97.1 Å². The smallest absolute Gasteiger partial charge is 0.0238 e. The van der Waals surface area contributed by atoms with E-state index in [9.17, 15) is 0 Å². The van der Waals surface area contributed by atoms with Crippen LogP contribution in [0.3, 0.4) is 0 Å². The van der Waals surface area contributed by atoms with Gasteiger partial charge >= 0.3 is 0 Å². The first-order valence-corrected chi connectivity index (χ1v) is 16.8. The summed E-state index contributed by atoms with van der Waals surface area (Å²) in [6, 6.07) is 35.2. The summed E-state index contributed by atoms with van der Waals surface area (Å²) < 4.78 is 0. The maximum absolute atomic E-state index is 2.41. The molecule has 4 heteroatoms. The standard InChI is InChI=1S/2C19H21NS/c2*1-20(2)13-7-11-17-16-9-4-3-8-15(16)14-21-19-12-6-5-10-18(17)19/h2*3-6,8-12H,7,13-14H2,1-2H3/b2*17-11+. The van der Waals surface area contributed by atoms with Crippen molar-refractivity contribution in [1.82, 2.24) is 9.80 Å². The van der Waals surface area contributed by atoms with E-state index in [1.54, 1.807) is 0 Å². The summed E-state index contributed by atoms with van der Waals surface area (Å²) in [5.41, 5.74) is 11.2. The Bertz CT molecular complexity index is 1330. The normalized spacial score (nSPS) is 15.7. The van der Waals surface area contributed by atoms with E-state index < -0.39 is 0 Å². The van der Waals surface area contributed by atoms with Gasteiger partial charge in [-0.25, -0.2) is 0 Å². The minimum Gasteiger partial charge on any atom is -0.309 e. The molecule has 42 heavy (non-hydrogen) atoms. The largest absolute Gasteiger partial charge is 0.309 e. The SMILES string of the molecule is CN(C)CC/C=C1\c2ccccc2CSc2ccccc21.CN(C)CC/C=C1\c2ccccc2CSc2ccccc21. The monoisotopic (exact) mass is 590 g/mol. The molecule has 0 saturated carbocycles. The van der Waals surface area contributed by atoms with E-state index in [1.165, 1.54) is 54.3 Å². The van der Waals surface area contributed by atoms with Crippen molar-refractivity contribution < 1.29 is 0 Å². The number of benzene rings is 4. The average molecular weight is 591 g/mol. The number of thioether (sulfide) groups is 2. The second kappa shape index (κ2) is 14.9. The van der Waals surface area contributed by atoms with Crippen molar-refractivity contribution in [3.63, 3.8) is 0 Å². The van der Waals surface area contributed by atoms with E-state index in [1.807, 2.05) is 23.5 Å². The molecule has 0 saturated heterocycles. The molecule has 4 aromatic carbocycles. The first kappa shape index (κ1) is 30.4. The van der Waals surface area contributed by atoms with Gasteiger partial charge in [0.25, 0.3) is 0 Å². The zero-order chi connectivity index (χ0) is 29.3. The minimum absolute atomic E-state index is 1.05. The summed E-state index contributed by atoms with van der Waals surface area (Å²) >= 11 is 3.89. The third-order valence-electron chi connectivity index (χ3n) is 7.59. The van der Waals surface area contributed by atoms with Gasteiger partial charge in [0.15, 0.2) is 0 Å². The number of rotatable bonds is 6. The van der Waals surface area contributed by atoms with Crippen LogP contribution in [0.15, 0.2) is 119 Å². The summed E-state index contributed by atoms with van der Waals surface area (Å²) in [4.78, 5) is 7.26. The lowest BCUT2D eigenvalue weighted by Crippen LogP contribution is -2.12. The van der Waals surface area contributed by atoms with Gasteiger partial charge in [0.05, 0.1) is 0 Å². The fourth-order valence-corrected chi connectivity index (χ4v) is 7.57. The molecule has 2 aliphatic rings. The third-order valence-corrected chi connectivity index (χ3v) is 9.83. The van der Waals surface area contributed by atoms with Crippen molar-refractivity contribution in [3.05, 3.63) is 143 Å². The number of nitrogens with zero attached hydrogens (tertiary/aromatic N) is 2. The topological polar surface area (TPSA) is 6.48 Å². The van der Waals surface area contributed by atoms with Gasteiger partial charge in [0.1, 0.15) is 0 Å². The van der Waals surface area contributed by atoms with Crippen LogP contribution in [-0.4, -0.2) is 51.1 Å². The minimum atomic E-state index is 1.05. The number of hydrogen-bond acceptors (Lipinski definition) is 4. The summed E-state index contributed by atoms with van der Waals surface area (Å²) in [6.07, 6.45) is 6.97. The molecule has 0 aliphatic carbocycles. The summed E-state index contributed by atoms with van der Waals surface area (Å²) in [5.74, 6) is 2.11. The molecule has 0 spiro atoms. The van der Waals surface area contributed by atoms with Crippen LogP contribution in [0.5, 0.6) is 0 Å². The van der Waals surface area contributed by atoms with Crippen molar-refractivity contribution in [3.8, 4) is 0 Å². The van der Waals surface area contributed by atoms with Crippen molar-refractivity contribution in [2.45, 2.75) is 34.1 Å². The van der Waals surface area contributed by atoms with Crippen LogP contribution in [0.25, 0.3) is 11.1 Å². The summed E-state index contributed by atoms with van der Waals surface area (Å²) in [7, 11) is 8.51. The molecular weight excluding hydrogens is 549 g/mol. The van der Waals surface area contributed by atoms with Gasteiger partial charge in [0.2, 0.25) is 0 Å². The molecule has 4 aromatic rings. The molecule has 216 valence electrons. The average Bonchev–Trinajstić information content (AvgIpc) is 3.26. The Hall–Kier alpha value is -3.02. The number of hydrogen-bond donors (Lipinski definition) is 0. The fraction of sp³-hybridized carbons (Fsp3) is 0.263. The van der Waals surface area contributed by atoms with Crippen molar-refractivity contribution >= 4 is 34.7 Å². The second-order valence-corrected chi connectivity index (χ2v) is 13.3. The molecule has 2 heterocycles. The predicted molar refractivity (Wildman–Crippen MR) is 185 cm³/mol. The Morgan fingerprint density at radius 1 is 0.500 bits per heavy atom. The van der Waals surface area contributed by atoms with Crippen LogP contribution in [-0.2, 0) is 11.5 Å². The van der Waals surface area contributed by atoms with E-state index >= 15 is 0 Å². The molecule has 0 unspecified atom stereocenters. The molecule has 2 aliphatic heterocycles. The van der Waals surface area contributed by atoms with Crippen LogP contribution < -0.4 is 0 Å². The Labute approximate surface area is 261 Å². The predicted octanol–water partition coefficient (Wildman–Crippen LogP) is 9.35. The Balaban J connectivity index is 0.000000168. The van der Waals surface area contributed by atoms with E-state index in [2.05, 4.69) is 147 Å². The lowest BCUT2D eigenvalue weighted by atomic mass is 9.93. The van der Waals surface area contributed by atoms with Gasteiger partial charge in [-0.05, 0) is 97.7 Å². The highest BCUT2D eigenvalue weighted by Crippen LogP contribution is 2.41. The third kappa shape index (κ3) is 7.67. The van der Waals surface area contributed by atoms with Gasteiger partial charge in [0, 0.05) is 34.4 Å². The quantitative estimate of drug-likeness (QED) is 0.221. The van der Waals surface area contributed by atoms with Crippen molar-refractivity contribution in [2.75, 3.05) is 41.3 Å². The molecule has 2 nitrogen and oxygen atoms in total. The highest BCUT2D eigenvalue weighted by atomic mass is 32.2. The molecular formula is C38H42N2S2. The molecule has 0 aromatic heterocycles. The first-order valence-electron chi connectivity index (χ1n) is 14.8. The molecule has 0 bridgehead atoms. The van der Waals surface area contributed by atoms with Crippen LogP contribution >= 0.6 is 23.5 Å². The number of fused-ring (bicyclic) bond motifs is 4. The molecule has 0 N–H and O–H groups in total. The van der Waals surface area contributed by atoms with Crippen LogP contribution in [0.2, 0.25) is 0 Å². The first-order chi connectivity index (χ1) is 20.5. The van der Waals surface area contributed by atoms with E-state index in [0.717, 1.165) is 37.4 Å². The Morgan fingerprint density at radius 3 is 1.26 bits per heavy atom. The highest BCUT2D eigenvalue weighted by molar-refractivity contribution is 7.98. The van der Waals surface area contributed by atoms with Crippen LogP contribution in [0.1, 0.15) is 46.2 Å². The molecule has 0 radical (unpaired) electrons. The molecule has 0 fully saturated rings. The maximum Gasteiger partial charge on any atom is 0.0238 e. The van der Waals surface area contributed by atoms with Crippen molar-refractivity contribution in [2.24, 2.45) is 0 Å². The van der Waals surface area contributed by atoms with Gasteiger partial charge < -0.3 is 9.80 Å². The van der Waals surface area contributed by atoms with Gasteiger partial charge in [-0.2, -0.15) is 0 Å². The van der Waals surface area contributed by atoms with Gasteiger partial charge in [-0.3, -0.25) is 0 Å². The highest BCUT2D eigenvalue weighted by Gasteiger charge is 2.18. The van der Waals surface area contributed by atoms with Crippen LogP contribution in [0.4, 0.5) is 0 Å². The fourth-order valence-electron chi connectivity index (χ4n) is 5.42. The zero-order valence-electron chi connectivity index (χ0n) is 25.3. The lowest BCUT2D eigenvalue weighted by Gasteiger charge is -2.12. The maximum atomic E-state index is 2.41. The van der Waals surface area contributed by atoms with Crippen LogP contribution in [0, 0.1) is 0 Å². The van der Waals surface area contributed by atoms with Crippen molar-refractivity contribution in [1.29, 1.82) is 0 Å². The van der Waals surface area contributed by atoms with E-state index in [-0.39, 0.29) is 0 Å². The summed E-state index contributed by atoms with van der Waals surface area (Å²) in [5, 5.41) is 0. The Morgan fingerprint density at radius 2 is 0.857 bits per heavy atom. The van der Waals surface area contributed by atoms with E-state index in [0.29, 0.717) is 0 Å². The zero-order valence-corrected chi connectivity index (χ0v) is 27.0. The Kier molecular flexibility index (Phi) is 10.8. The summed E-state index contributed by atoms with van der Waals surface area (Å²) in [6.45, 7) is 2.17. The molecule has 0 amide bonds. The second-order valence-electron chi connectivity index (χ2n) is 11.3. The van der Waals surface area contributed by atoms with Gasteiger partial charge in [-0.15, -0.1) is 23.5 Å². The molecule has 0 atom stereocenters.